The second kappa shape index (κ2) is 10.3. The van der Waals surface area contributed by atoms with Crippen molar-refractivity contribution in [3.8, 4) is 11.5 Å². The largest absolute Gasteiger partial charge is 0.497 e. The number of nitrogens with zero attached hydrogens (tertiary/aromatic N) is 1. The van der Waals surface area contributed by atoms with E-state index in [0.717, 1.165) is 38.7 Å². The van der Waals surface area contributed by atoms with Crippen molar-refractivity contribution < 1.29 is 19.0 Å². The van der Waals surface area contributed by atoms with Crippen molar-refractivity contribution in [2.24, 2.45) is 0 Å². The summed E-state index contributed by atoms with van der Waals surface area (Å²) in [5.74, 6) is 1.11. The number of nitrogen functional groups attached to an aromatic ring is 1. The molecular formula is C29H26N4O4. The van der Waals surface area contributed by atoms with Crippen LogP contribution in [0.4, 0.5) is 27.5 Å². The van der Waals surface area contributed by atoms with Gasteiger partial charge in [0.15, 0.2) is 0 Å². The zero-order chi connectivity index (χ0) is 25.8. The second-order valence-corrected chi connectivity index (χ2v) is 8.41. The lowest BCUT2D eigenvalue weighted by atomic mass is 10.1. The summed E-state index contributed by atoms with van der Waals surface area (Å²) in [7, 11) is 3.08. The maximum absolute atomic E-state index is 12.5. The Hall–Kier alpha value is -4.98. The SMILES string of the molecule is COc1cc(NC(=O)OCc2cc(N)cc(Nc3c4ccccc4nc4ccccc34)c2)cc(OC)c1. The van der Waals surface area contributed by atoms with E-state index in [1.165, 1.54) is 0 Å². The van der Waals surface area contributed by atoms with E-state index in [0.29, 0.717) is 22.9 Å². The number of hydrogen-bond acceptors (Lipinski definition) is 7. The number of pyridine rings is 1. The number of benzene rings is 4. The van der Waals surface area contributed by atoms with Gasteiger partial charge in [-0.15, -0.1) is 0 Å². The van der Waals surface area contributed by atoms with Gasteiger partial charge in [0.1, 0.15) is 18.1 Å². The normalized spacial score (nSPS) is 10.8. The number of para-hydroxylation sites is 2. The van der Waals surface area contributed by atoms with Gasteiger partial charge < -0.3 is 25.3 Å². The lowest BCUT2D eigenvalue weighted by Gasteiger charge is -2.15. The number of rotatable bonds is 7. The molecule has 0 unspecified atom stereocenters. The Balaban J connectivity index is 1.36. The van der Waals surface area contributed by atoms with Crippen LogP contribution in [0.1, 0.15) is 5.56 Å². The van der Waals surface area contributed by atoms with E-state index in [1.54, 1.807) is 38.5 Å². The van der Waals surface area contributed by atoms with E-state index >= 15 is 0 Å². The standard InChI is InChI=1S/C29H26N4O4/c1-35-22-14-21(15-23(16-22)36-2)32-29(34)37-17-18-11-19(30)13-20(12-18)31-28-24-7-3-5-9-26(24)33-27-10-6-4-8-25(27)28/h3-16H,17,30H2,1-2H3,(H,31,33)(H,32,34). The maximum Gasteiger partial charge on any atom is 0.411 e. The predicted octanol–water partition coefficient (Wildman–Crippen LogP) is 6.48. The predicted molar refractivity (Wildman–Crippen MR) is 147 cm³/mol. The van der Waals surface area contributed by atoms with E-state index in [1.807, 2.05) is 60.7 Å². The van der Waals surface area contributed by atoms with Crippen molar-refractivity contribution >= 4 is 50.6 Å². The monoisotopic (exact) mass is 494 g/mol. The number of methoxy groups -OCH3 is 2. The number of anilines is 4. The van der Waals surface area contributed by atoms with Gasteiger partial charge in [0, 0.05) is 40.3 Å². The van der Waals surface area contributed by atoms with Gasteiger partial charge in [0.25, 0.3) is 0 Å². The summed E-state index contributed by atoms with van der Waals surface area (Å²) in [6.45, 7) is 0.0322. The lowest BCUT2D eigenvalue weighted by molar-refractivity contribution is 0.155. The zero-order valence-corrected chi connectivity index (χ0v) is 20.4. The van der Waals surface area contributed by atoms with Crippen LogP contribution < -0.4 is 25.8 Å². The molecule has 0 fully saturated rings. The first-order valence-electron chi connectivity index (χ1n) is 11.6. The average Bonchev–Trinajstić information content (AvgIpc) is 2.91. The topological polar surface area (TPSA) is 108 Å². The van der Waals surface area contributed by atoms with Crippen LogP contribution in [-0.4, -0.2) is 25.3 Å². The molecule has 0 saturated heterocycles. The number of nitrogens with two attached hydrogens (primary N) is 1. The lowest BCUT2D eigenvalue weighted by Crippen LogP contribution is -2.14. The molecule has 5 aromatic rings. The quantitative estimate of drug-likeness (QED) is 0.176. The summed E-state index contributed by atoms with van der Waals surface area (Å²) in [6, 6.07) is 26.5. The molecule has 0 radical (unpaired) electrons. The van der Waals surface area contributed by atoms with Gasteiger partial charge in [-0.25, -0.2) is 9.78 Å². The van der Waals surface area contributed by atoms with Crippen molar-refractivity contribution in [1.29, 1.82) is 0 Å². The van der Waals surface area contributed by atoms with Crippen molar-refractivity contribution in [1.82, 2.24) is 4.98 Å². The number of amides is 1. The highest BCUT2D eigenvalue weighted by Crippen LogP contribution is 2.34. The van der Waals surface area contributed by atoms with Crippen LogP contribution in [0.2, 0.25) is 0 Å². The Morgan fingerprint density at radius 2 is 1.43 bits per heavy atom. The molecule has 8 heteroatoms. The fraction of sp³-hybridized carbons (Fsp3) is 0.103. The highest BCUT2D eigenvalue weighted by molar-refractivity contribution is 6.08. The van der Waals surface area contributed by atoms with Crippen LogP contribution in [0.15, 0.2) is 84.9 Å². The highest BCUT2D eigenvalue weighted by atomic mass is 16.5. The number of hydrogen-bond donors (Lipinski definition) is 3. The summed E-state index contributed by atoms with van der Waals surface area (Å²) in [4.78, 5) is 17.2. The van der Waals surface area contributed by atoms with Crippen LogP contribution >= 0.6 is 0 Å². The molecule has 8 nitrogen and oxygen atoms in total. The van der Waals surface area contributed by atoms with E-state index in [4.69, 9.17) is 24.9 Å². The molecule has 5 rings (SSSR count). The third-order valence-electron chi connectivity index (χ3n) is 5.84. The van der Waals surface area contributed by atoms with Gasteiger partial charge in [-0.2, -0.15) is 0 Å². The molecule has 37 heavy (non-hydrogen) atoms. The van der Waals surface area contributed by atoms with Gasteiger partial charge in [-0.1, -0.05) is 36.4 Å². The summed E-state index contributed by atoms with van der Waals surface area (Å²) in [5.41, 5.74) is 11.5. The molecule has 0 atom stereocenters. The molecule has 0 aliphatic rings. The average molecular weight is 495 g/mol. The molecule has 1 heterocycles. The molecule has 1 aromatic heterocycles. The molecule has 0 aliphatic carbocycles. The number of aromatic nitrogens is 1. The number of fused-ring (bicyclic) bond motifs is 2. The first-order chi connectivity index (χ1) is 18.0. The molecule has 0 bridgehead atoms. The second-order valence-electron chi connectivity index (χ2n) is 8.41. The minimum atomic E-state index is -0.613. The number of nitrogens with one attached hydrogen (secondary N) is 2. The zero-order valence-electron chi connectivity index (χ0n) is 20.4. The van der Waals surface area contributed by atoms with E-state index < -0.39 is 6.09 Å². The van der Waals surface area contributed by atoms with Gasteiger partial charge in [-0.3, -0.25) is 5.32 Å². The Bertz CT molecular complexity index is 1530. The van der Waals surface area contributed by atoms with Crippen molar-refractivity contribution in [2.75, 3.05) is 30.6 Å². The highest BCUT2D eigenvalue weighted by Gasteiger charge is 2.11. The molecule has 186 valence electrons. The summed E-state index contributed by atoms with van der Waals surface area (Å²) in [6.07, 6.45) is -0.613. The van der Waals surface area contributed by atoms with Crippen LogP contribution in [0.5, 0.6) is 11.5 Å². The Morgan fingerprint density at radius 3 is 2.05 bits per heavy atom. The summed E-state index contributed by atoms with van der Waals surface area (Å²) < 4.78 is 15.9. The molecule has 4 N–H and O–H groups in total. The van der Waals surface area contributed by atoms with E-state index in [2.05, 4.69) is 10.6 Å². The van der Waals surface area contributed by atoms with Crippen LogP contribution in [0.25, 0.3) is 21.8 Å². The number of ether oxygens (including phenoxy) is 3. The first-order valence-corrected chi connectivity index (χ1v) is 11.6. The minimum Gasteiger partial charge on any atom is -0.497 e. The molecular weight excluding hydrogens is 468 g/mol. The van der Waals surface area contributed by atoms with Gasteiger partial charge in [0.05, 0.1) is 36.6 Å². The third-order valence-corrected chi connectivity index (χ3v) is 5.84. The molecule has 1 amide bonds. The van der Waals surface area contributed by atoms with Crippen LogP contribution in [0.3, 0.4) is 0 Å². The van der Waals surface area contributed by atoms with Crippen molar-refractivity contribution in [2.45, 2.75) is 6.61 Å². The van der Waals surface area contributed by atoms with Crippen LogP contribution in [0, 0.1) is 0 Å². The smallest absolute Gasteiger partial charge is 0.411 e. The van der Waals surface area contributed by atoms with Gasteiger partial charge in [0.2, 0.25) is 0 Å². The first kappa shape index (κ1) is 23.7. The Kier molecular flexibility index (Phi) is 6.63. The molecule has 4 aromatic carbocycles. The Morgan fingerprint density at radius 1 is 0.811 bits per heavy atom. The maximum atomic E-state index is 12.5. The summed E-state index contributed by atoms with van der Waals surface area (Å²) >= 11 is 0. The Labute approximate surface area is 214 Å². The molecule has 0 saturated carbocycles. The third kappa shape index (κ3) is 5.33. The van der Waals surface area contributed by atoms with E-state index in [9.17, 15) is 4.79 Å². The van der Waals surface area contributed by atoms with Crippen molar-refractivity contribution in [3.05, 3.63) is 90.5 Å². The number of carbonyl (C=O) groups is 1. The number of carbonyl (C=O) groups excluding carboxylic acids is 1. The molecule has 0 aliphatic heterocycles. The van der Waals surface area contributed by atoms with Gasteiger partial charge >= 0.3 is 6.09 Å². The van der Waals surface area contributed by atoms with Crippen LogP contribution in [-0.2, 0) is 11.3 Å². The summed E-state index contributed by atoms with van der Waals surface area (Å²) in [5, 5.41) is 8.21. The molecule has 0 spiro atoms. The van der Waals surface area contributed by atoms with E-state index in [-0.39, 0.29) is 6.61 Å². The fourth-order valence-corrected chi connectivity index (χ4v) is 4.18. The van der Waals surface area contributed by atoms with Crippen molar-refractivity contribution in [3.63, 3.8) is 0 Å². The fourth-order valence-electron chi connectivity index (χ4n) is 4.18. The minimum absolute atomic E-state index is 0.0322. The van der Waals surface area contributed by atoms with Gasteiger partial charge in [-0.05, 0) is 35.9 Å².